The third kappa shape index (κ3) is 3.34. The van der Waals surface area contributed by atoms with Crippen molar-refractivity contribution in [2.75, 3.05) is 5.75 Å². The molecule has 2 N–H and O–H groups in total. The summed E-state index contributed by atoms with van der Waals surface area (Å²) in [5.41, 5.74) is 5.82. The van der Waals surface area contributed by atoms with E-state index in [0.717, 1.165) is 12.2 Å². The summed E-state index contributed by atoms with van der Waals surface area (Å²) in [5, 5.41) is 3.85. The van der Waals surface area contributed by atoms with Crippen LogP contribution in [0.25, 0.3) is 11.6 Å². The number of aromatic nitrogens is 2. The molecular weight excluding hydrogens is 238 g/mol. The predicted octanol–water partition coefficient (Wildman–Crippen LogP) is 2.30. The molecule has 0 radical (unpaired) electrons. The van der Waals surface area contributed by atoms with Crippen LogP contribution < -0.4 is 5.73 Å². The van der Waals surface area contributed by atoms with E-state index >= 15 is 0 Å². The Morgan fingerprint density at radius 1 is 1.53 bits per heavy atom. The van der Waals surface area contributed by atoms with Crippen molar-refractivity contribution in [3.8, 4) is 11.6 Å². The number of rotatable bonds is 6. The molecule has 0 fully saturated rings. The molecular formula is C11H15N3O2S. The van der Waals surface area contributed by atoms with Gasteiger partial charge in [0.2, 0.25) is 11.7 Å². The molecule has 17 heavy (non-hydrogen) atoms. The fourth-order valence-corrected chi connectivity index (χ4v) is 2.18. The average molecular weight is 253 g/mol. The molecule has 0 amide bonds. The highest BCUT2D eigenvalue weighted by Gasteiger charge is 2.10. The highest BCUT2D eigenvalue weighted by atomic mass is 32.2. The minimum atomic E-state index is 0.229. The van der Waals surface area contributed by atoms with Crippen LogP contribution in [-0.2, 0) is 5.75 Å². The van der Waals surface area contributed by atoms with E-state index in [1.165, 1.54) is 0 Å². The lowest BCUT2D eigenvalue weighted by Gasteiger charge is -2.05. The first-order valence-corrected chi connectivity index (χ1v) is 6.65. The fourth-order valence-electron chi connectivity index (χ4n) is 1.23. The van der Waals surface area contributed by atoms with E-state index in [-0.39, 0.29) is 6.04 Å². The van der Waals surface area contributed by atoms with Crippen molar-refractivity contribution in [2.45, 2.75) is 25.1 Å². The standard InChI is InChI=1S/C11H15N3O2S/c1-2-8(12)6-17-7-10-13-11(14-16-10)9-4-3-5-15-9/h3-5,8H,2,6-7,12H2,1H3. The normalized spacial score (nSPS) is 12.8. The second-order valence-electron chi connectivity index (χ2n) is 3.67. The topological polar surface area (TPSA) is 78.1 Å². The van der Waals surface area contributed by atoms with E-state index in [1.807, 2.05) is 0 Å². The van der Waals surface area contributed by atoms with E-state index in [0.29, 0.717) is 23.2 Å². The van der Waals surface area contributed by atoms with Crippen LogP contribution in [0.5, 0.6) is 0 Å². The summed E-state index contributed by atoms with van der Waals surface area (Å²) < 4.78 is 10.3. The molecule has 0 bridgehead atoms. The zero-order valence-corrected chi connectivity index (χ0v) is 10.4. The van der Waals surface area contributed by atoms with Gasteiger partial charge in [0.15, 0.2) is 5.76 Å². The molecule has 2 heterocycles. The van der Waals surface area contributed by atoms with Crippen molar-refractivity contribution in [3.05, 3.63) is 24.3 Å². The first kappa shape index (κ1) is 12.2. The van der Waals surface area contributed by atoms with E-state index in [2.05, 4.69) is 17.1 Å². The van der Waals surface area contributed by atoms with Crippen LogP contribution in [0, 0.1) is 0 Å². The molecule has 2 rings (SSSR count). The summed E-state index contributed by atoms with van der Waals surface area (Å²) in [6, 6.07) is 3.82. The largest absolute Gasteiger partial charge is 0.461 e. The molecule has 0 saturated heterocycles. The highest BCUT2D eigenvalue weighted by Crippen LogP contribution is 2.18. The van der Waals surface area contributed by atoms with Crippen molar-refractivity contribution in [1.29, 1.82) is 0 Å². The molecule has 0 aromatic carbocycles. The van der Waals surface area contributed by atoms with Crippen LogP contribution >= 0.6 is 11.8 Å². The quantitative estimate of drug-likeness (QED) is 0.851. The second kappa shape index (κ2) is 5.88. The lowest BCUT2D eigenvalue weighted by molar-refractivity contribution is 0.390. The Bertz CT molecular complexity index is 441. The van der Waals surface area contributed by atoms with Crippen molar-refractivity contribution >= 4 is 11.8 Å². The van der Waals surface area contributed by atoms with Gasteiger partial charge in [0.05, 0.1) is 12.0 Å². The SMILES string of the molecule is CCC(N)CSCc1nc(-c2ccco2)no1. The number of hydrogen-bond donors (Lipinski definition) is 1. The van der Waals surface area contributed by atoms with Gasteiger partial charge in [-0.25, -0.2) is 0 Å². The maximum absolute atomic E-state index is 5.82. The zero-order chi connectivity index (χ0) is 12.1. The summed E-state index contributed by atoms with van der Waals surface area (Å²) in [7, 11) is 0. The zero-order valence-electron chi connectivity index (χ0n) is 9.63. The summed E-state index contributed by atoms with van der Waals surface area (Å²) in [6.07, 6.45) is 2.56. The van der Waals surface area contributed by atoms with Crippen LogP contribution in [0.2, 0.25) is 0 Å². The van der Waals surface area contributed by atoms with Crippen molar-refractivity contribution in [3.63, 3.8) is 0 Å². The van der Waals surface area contributed by atoms with Gasteiger partial charge >= 0.3 is 0 Å². The first-order chi connectivity index (χ1) is 8.29. The lowest BCUT2D eigenvalue weighted by Crippen LogP contribution is -2.21. The Hall–Kier alpha value is -1.27. The van der Waals surface area contributed by atoms with Crippen LogP contribution in [0.4, 0.5) is 0 Å². The Morgan fingerprint density at radius 3 is 3.12 bits per heavy atom. The van der Waals surface area contributed by atoms with E-state index < -0.39 is 0 Å². The molecule has 1 atom stereocenters. The number of nitrogens with zero attached hydrogens (tertiary/aromatic N) is 2. The molecule has 0 aliphatic heterocycles. The summed E-state index contributed by atoms with van der Waals surface area (Å²) in [6.45, 7) is 2.08. The maximum Gasteiger partial charge on any atom is 0.238 e. The Labute approximate surface area is 104 Å². The maximum atomic E-state index is 5.82. The smallest absolute Gasteiger partial charge is 0.238 e. The number of furan rings is 1. The van der Waals surface area contributed by atoms with E-state index in [4.69, 9.17) is 14.7 Å². The van der Waals surface area contributed by atoms with Crippen molar-refractivity contribution < 1.29 is 8.94 Å². The third-order valence-corrected chi connectivity index (χ3v) is 3.41. The molecule has 2 aromatic rings. The minimum Gasteiger partial charge on any atom is -0.461 e. The third-order valence-electron chi connectivity index (χ3n) is 2.29. The molecule has 92 valence electrons. The Balaban J connectivity index is 1.87. The van der Waals surface area contributed by atoms with Gasteiger partial charge in [0, 0.05) is 11.8 Å². The molecule has 5 nitrogen and oxygen atoms in total. The van der Waals surface area contributed by atoms with Crippen LogP contribution in [-0.4, -0.2) is 21.9 Å². The Morgan fingerprint density at radius 2 is 2.41 bits per heavy atom. The fraction of sp³-hybridized carbons (Fsp3) is 0.455. The van der Waals surface area contributed by atoms with Gasteiger partial charge in [-0.15, -0.1) is 0 Å². The van der Waals surface area contributed by atoms with Crippen LogP contribution in [0.15, 0.2) is 27.3 Å². The van der Waals surface area contributed by atoms with Crippen LogP contribution in [0.1, 0.15) is 19.2 Å². The van der Waals surface area contributed by atoms with Crippen molar-refractivity contribution in [1.82, 2.24) is 10.1 Å². The molecule has 2 aromatic heterocycles. The van der Waals surface area contributed by atoms with Crippen LogP contribution in [0.3, 0.4) is 0 Å². The number of thioether (sulfide) groups is 1. The van der Waals surface area contributed by atoms with Gasteiger partial charge < -0.3 is 14.7 Å². The van der Waals surface area contributed by atoms with Gasteiger partial charge in [0.1, 0.15) is 0 Å². The van der Waals surface area contributed by atoms with Gasteiger partial charge in [0.25, 0.3) is 0 Å². The second-order valence-corrected chi connectivity index (χ2v) is 4.70. The molecule has 0 aliphatic carbocycles. The van der Waals surface area contributed by atoms with Crippen molar-refractivity contribution in [2.24, 2.45) is 5.73 Å². The monoisotopic (exact) mass is 253 g/mol. The molecule has 0 spiro atoms. The summed E-state index contributed by atoms with van der Waals surface area (Å²) in [4.78, 5) is 4.24. The van der Waals surface area contributed by atoms with E-state index in [9.17, 15) is 0 Å². The molecule has 0 aliphatic rings. The van der Waals surface area contributed by atoms with Gasteiger partial charge in [-0.1, -0.05) is 12.1 Å². The van der Waals surface area contributed by atoms with E-state index in [1.54, 1.807) is 30.2 Å². The minimum absolute atomic E-state index is 0.229. The number of hydrogen-bond acceptors (Lipinski definition) is 6. The highest BCUT2D eigenvalue weighted by molar-refractivity contribution is 7.98. The predicted molar refractivity (Wildman–Crippen MR) is 66.4 cm³/mol. The van der Waals surface area contributed by atoms with Gasteiger partial charge in [-0.2, -0.15) is 16.7 Å². The molecule has 1 unspecified atom stereocenters. The molecule has 6 heteroatoms. The van der Waals surface area contributed by atoms with Gasteiger partial charge in [-0.3, -0.25) is 0 Å². The molecule has 0 saturated carbocycles. The summed E-state index contributed by atoms with van der Waals surface area (Å²) in [5.74, 6) is 3.29. The lowest BCUT2D eigenvalue weighted by atomic mass is 10.3. The summed E-state index contributed by atoms with van der Waals surface area (Å²) >= 11 is 1.70. The first-order valence-electron chi connectivity index (χ1n) is 5.49. The Kier molecular flexibility index (Phi) is 4.22. The average Bonchev–Trinajstić information content (AvgIpc) is 2.98. The number of nitrogens with two attached hydrogens (primary N) is 1. The van der Waals surface area contributed by atoms with Gasteiger partial charge in [-0.05, 0) is 18.6 Å².